The van der Waals surface area contributed by atoms with E-state index in [1.54, 1.807) is 26.0 Å². The van der Waals surface area contributed by atoms with Crippen molar-refractivity contribution in [3.63, 3.8) is 0 Å². The van der Waals surface area contributed by atoms with Gasteiger partial charge in [-0.25, -0.2) is 9.59 Å². The number of benzene rings is 2. The normalized spacial score (nSPS) is 27.1. The maximum Gasteiger partial charge on any atom is 0.414 e. The first-order valence-electron chi connectivity index (χ1n) is 15.2. The second-order valence-corrected chi connectivity index (χ2v) is 13.3. The van der Waals surface area contributed by atoms with Crippen molar-refractivity contribution in [1.29, 1.82) is 0 Å². The minimum absolute atomic E-state index is 0.0951. The van der Waals surface area contributed by atoms with E-state index in [0.29, 0.717) is 30.4 Å². The molecule has 0 aromatic heterocycles. The molecule has 0 radical (unpaired) electrons. The first-order valence-corrected chi connectivity index (χ1v) is 15.2. The van der Waals surface area contributed by atoms with Gasteiger partial charge in [-0.2, -0.15) is 0 Å². The zero-order chi connectivity index (χ0) is 31.4. The predicted molar refractivity (Wildman–Crippen MR) is 171 cm³/mol. The number of hydrogen-bond donors (Lipinski definition) is 0. The summed E-state index contributed by atoms with van der Waals surface area (Å²) in [4.78, 5) is 36.1. The zero-order valence-electron chi connectivity index (χ0n) is 27.5. The summed E-state index contributed by atoms with van der Waals surface area (Å²) in [7, 11) is 13.8. The van der Waals surface area contributed by atoms with Gasteiger partial charge >= 0.3 is 12.2 Å². The Hall–Kier alpha value is -3.50. The Morgan fingerprint density at radius 1 is 0.767 bits per heavy atom. The van der Waals surface area contributed by atoms with Gasteiger partial charge in [0.1, 0.15) is 11.5 Å². The van der Waals surface area contributed by atoms with Crippen LogP contribution in [0.4, 0.5) is 21.0 Å². The molecule has 4 aliphatic heterocycles. The Labute approximate surface area is 256 Å². The molecule has 10 nitrogen and oxygen atoms in total. The summed E-state index contributed by atoms with van der Waals surface area (Å²) in [6.07, 6.45) is 2.36. The number of ether oxygens (including phenoxy) is 2. The summed E-state index contributed by atoms with van der Waals surface area (Å²) in [5, 5.41) is 0. The van der Waals surface area contributed by atoms with Crippen molar-refractivity contribution in [3.05, 3.63) is 47.5 Å². The minimum Gasteiger partial charge on any atom is -0.410 e. The molecule has 0 spiro atoms. The van der Waals surface area contributed by atoms with Gasteiger partial charge in [0.15, 0.2) is 0 Å². The molecule has 2 saturated heterocycles. The van der Waals surface area contributed by atoms with Crippen LogP contribution in [-0.2, 0) is 10.8 Å². The number of likely N-dealkylation sites (tertiary alicyclic amines) is 2. The number of rotatable bonds is 3. The highest BCUT2D eigenvalue weighted by atomic mass is 16.6. The Balaban J connectivity index is 0.000000171. The fourth-order valence-electron chi connectivity index (χ4n) is 7.74. The maximum atomic E-state index is 12.0. The summed E-state index contributed by atoms with van der Waals surface area (Å²) >= 11 is 0. The topological polar surface area (TPSA) is 72.0 Å². The van der Waals surface area contributed by atoms with Gasteiger partial charge in [-0.15, -0.1) is 0 Å². The number of anilines is 2. The molecule has 2 unspecified atom stereocenters. The Bertz CT molecular complexity index is 1400. The number of amides is 2. The van der Waals surface area contributed by atoms with Crippen molar-refractivity contribution >= 4 is 23.6 Å². The summed E-state index contributed by atoms with van der Waals surface area (Å²) in [6.45, 7) is 9.37. The largest absolute Gasteiger partial charge is 0.414 e. The Morgan fingerprint density at radius 2 is 1.19 bits per heavy atom. The molecule has 234 valence electrons. The average Bonchev–Trinajstić information content (AvgIpc) is 3.60. The SMILES string of the molecule is CCN(C)C(=O)Oc1ccc2c(c1)[C@]1(C)CCN(C)C1N2C.CN(C)C(=O)Oc1ccc2c(c1)[C@]1(C)CCN(C)C1N2C. The van der Waals surface area contributed by atoms with E-state index in [-0.39, 0.29) is 23.0 Å². The molecule has 2 aromatic rings. The quantitative estimate of drug-likeness (QED) is 0.512. The predicted octanol–water partition coefficient (Wildman–Crippen LogP) is 4.62. The first-order chi connectivity index (χ1) is 20.2. The lowest BCUT2D eigenvalue weighted by atomic mass is 9.81. The highest BCUT2D eigenvalue weighted by molar-refractivity contribution is 5.73. The maximum absolute atomic E-state index is 12.0. The van der Waals surface area contributed by atoms with E-state index in [2.05, 4.69) is 73.8 Å². The van der Waals surface area contributed by atoms with E-state index >= 15 is 0 Å². The van der Waals surface area contributed by atoms with Crippen LogP contribution in [0.25, 0.3) is 0 Å². The van der Waals surface area contributed by atoms with E-state index in [1.165, 1.54) is 27.4 Å². The van der Waals surface area contributed by atoms with Crippen LogP contribution in [0.5, 0.6) is 11.5 Å². The van der Waals surface area contributed by atoms with Gasteiger partial charge < -0.3 is 29.1 Å². The Morgan fingerprint density at radius 3 is 1.58 bits per heavy atom. The highest BCUT2D eigenvalue weighted by Gasteiger charge is 2.53. The van der Waals surface area contributed by atoms with Crippen LogP contribution < -0.4 is 19.3 Å². The van der Waals surface area contributed by atoms with Crippen LogP contribution in [0.1, 0.15) is 44.7 Å². The molecular formula is C33H48N6O4. The Kier molecular flexibility index (Phi) is 8.07. The minimum atomic E-state index is -0.341. The van der Waals surface area contributed by atoms with Gasteiger partial charge in [-0.1, -0.05) is 13.8 Å². The number of hydrogen-bond acceptors (Lipinski definition) is 8. The average molecular weight is 593 g/mol. The molecule has 2 fully saturated rings. The smallest absolute Gasteiger partial charge is 0.410 e. The molecule has 0 aliphatic carbocycles. The molecule has 6 rings (SSSR count). The van der Waals surface area contributed by atoms with Crippen molar-refractivity contribution in [1.82, 2.24) is 19.6 Å². The monoisotopic (exact) mass is 592 g/mol. The number of fused-ring (bicyclic) bond motifs is 6. The van der Waals surface area contributed by atoms with E-state index in [4.69, 9.17) is 9.47 Å². The van der Waals surface area contributed by atoms with E-state index in [0.717, 1.165) is 25.9 Å². The lowest BCUT2D eigenvalue weighted by Gasteiger charge is -2.32. The van der Waals surface area contributed by atoms with Crippen LogP contribution >= 0.6 is 0 Å². The first kappa shape index (κ1) is 30.9. The summed E-state index contributed by atoms with van der Waals surface area (Å²) in [5.41, 5.74) is 5.23. The lowest BCUT2D eigenvalue weighted by molar-refractivity contribution is 0.165. The molecule has 0 saturated carbocycles. The molecule has 4 atom stereocenters. The number of nitrogens with zero attached hydrogens (tertiary/aromatic N) is 6. The fraction of sp³-hybridized carbons (Fsp3) is 0.576. The molecule has 4 heterocycles. The van der Waals surface area contributed by atoms with Gasteiger partial charge in [-0.05, 0) is 81.4 Å². The van der Waals surface area contributed by atoms with Crippen LogP contribution in [-0.4, -0.2) is 113 Å². The summed E-state index contributed by atoms with van der Waals surface area (Å²) in [6, 6.07) is 12.0. The summed E-state index contributed by atoms with van der Waals surface area (Å²) in [5.74, 6) is 1.26. The van der Waals surface area contributed by atoms with Gasteiger partial charge in [-0.3, -0.25) is 9.80 Å². The number of likely N-dealkylation sites (N-methyl/N-ethyl adjacent to an activating group) is 4. The fourth-order valence-corrected chi connectivity index (χ4v) is 7.74. The van der Waals surface area contributed by atoms with Crippen molar-refractivity contribution in [2.24, 2.45) is 0 Å². The second-order valence-electron chi connectivity index (χ2n) is 13.3. The molecule has 2 aromatic carbocycles. The lowest BCUT2D eigenvalue weighted by Crippen LogP contribution is -2.45. The van der Waals surface area contributed by atoms with Gasteiger partial charge in [0.25, 0.3) is 0 Å². The van der Waals surface area contributed by atoms with E-state index in [1.807, 2.05) is 31.2 Å². The van der Waals surface area contributed by atoms with Gasteiger partial charge in [0.05, 0.1) is 12.3 Å². The van der Waals surface area contributed by atoms with Crippen LogP contribution in [0.2, 0.25) is 0 Å². The second kappa shape index (κ2) is 11.2. The van der Waals surface area contributed by atoms with Crippen LogP contribution in [0.15, 0.2) is 36.4 Å². The van der Waals surface area contributed by atoms with Crippen molar-refractivity contribution in [2.45, 2.75) is 56.8 Å². The van der Waals surface area contributed by atoms with Crippen molar-refractivity contribution < 1.29 is 19.1 Å². The third-order valence-corrected chi connectivity index (χ3v) is 10.2. The molecule has 4 aliphatic rings. The third-order valence-electron chi connectivity index (χ3n) is 10.2. The van der Waals surface area contributed by atoms with Crippen LogP contribution in [0.3, 0.4) is 0 Å². The number of carbonyl (C=O) groups excluding carboxylic acids is 2. The van der Waals surface area contributed by atoms with E-state index < -0.39 is 0 Å². The number of carbonyl (C=O) groups is 2. The molecule has 0 N–H and O–H groups in total. The third kappa shape index (κ3) is 5.08. The standard InChI is InChI=1S/C17H25N3O2.C16H23N3O2/c1-6-18(3)16(21)22-12-7-8-14-13(11-12)17(2)9-10-19(4)15(17)20(14)5;1-16-8-9-18(4)14(16)19(5)13-7-6-11(10-12(13)16)21-15(20)17(2)3/h7-8,11,15H,6,9-10H2,1-5H3;6-7,10,14H,8-9H2,1-5H3/t15?,17-;14?,16-/m00/s1. The van der Waals surface area contributed by atoms with Crippen molar-refractivity contribution in [2.75, 3.05) is 78.8 Å². The van der Waals surface area contributed by atoms with Gasteiger partial charge in [0.2, 0.25) is 0 Å². The van der Waals surface area contributed by atoms with Crippen molar-refractivity contribution in [3.8, 4) is 11.5 Å². The molecule has 10 heteroatoms. The van der Waals surface area contributed by atoms with Crippen LogP contribution in [0, 0.1) is 0 Å². The molecule has 43 heavy (non-hydrogen) atoms. The van der Waals surface area contributed by atoms with E-state index in [9.17, 15) is 9.59 Å². The molecular weight excluding hydrogens is 544 g/mol. The molecule has 2 amide bonds. The zero-order valence-corrected chi connectivity index (χ0v) is 27.5. The summed E-state index contributed by atoms with van der Waals surface area (Å²) < 4.78 is 10.9. The molecule has 0 bridgehead atoms. The van der Waals surface area contributed by atoms with Gasteiger partial charge in [0, 0.05) is 77.1 Å². The highest BCUT2D eigenvalue weighted by Crippen LogP contribution is 2.53.